The van der Waals surface area contributed by atoms with Crippen LogP contribution in [0.1, 0.15) is 11.1 Å². The lowest BCUT2D eigenvalue weighted by Gasteiger charge is -2.11. The van der Waals surface area contributed by atoms with Crippen molar-refractivity contribution in [3.8, 4) is 11.3 Å². The van der Waals surface area contributed by atoms with Gasteiger partial charge in [0.15, 0.2) is 0 Å². The highest BCUT2D eigenvalue weighted by molar-refractivity contribution is 5.86. The molecule has 0 atom stereocenters. The number of hydrogen-bond donors (Lipinski definition) is 0. The lowest BCUT2D eigenvalue weighted by atomic mass is 10.0. The molecule has 0 saturated heterocycles. The lowest BCUT2D eigenvalue weighted by molar-refractivity contribution is -0.138. The van der Waals surface area contributed by atoms with Crippen LogP contribution in [0.2, 0.25) is 0 Å². The summed E-state index contributed by atoms with van der Waals surface area (Å²) in [5.74, 6) is 0. The van der Waals surface area contributed by atoms with Gasteiger partial charge in [-0.2, -0.15) is 13.2 Å². The Kier molecular flexibility index (Phi) is 3.16. The Hall–Kier alpha value is -2.36. The average molecular weight is 287 g/mol. The lowest BCUT2D eigenvalue weighted by Crippen LogP contribution is -2.08. The van der Waals surface area contributed by atoms with E-state index >= 15 is 0 Å². The van der Waals surface area contributed by atoms with Crippen LogP contribution in [0.25, 0.3) is 22.0 Å². The Morgan fingerprint density at radius 1 is 0.905 bits per heavy atom. The van der Waals surface area contributed by atoms with Gasteiger partial charge in [0.25, 0.3) is 0 Å². The van der Waals surface area contributed by atoms with E-state index in [2.05, 4.69) is 4.98 Å². The summed E-state index contributed by atoms with van der Waals surface area (Å²) in [7, 11) is 0. The van der Waals surface area contributed by atoms with Gasteiger partial charge >= 0.3 is 6.18 Å². The third-order valence-electron chi connectivity index (χ3n) is 3.46. The fraction of sp³-hybridized carbons (Fsp3) is 0.118. The smallest absolute Gasteiger partial charge is 0.256 e. The van der Waals surface area contributed by atoms with E-state index in [1.807, 2.05) is 42.5 Å². The van der Waals surface area contributed by atoms with Crippen LogP contribution in [0, 0.1) is 6.92 Å². The van der Waals surface area contributed by atoms with Crippen molar-refractivity contribution >= 4 is 10.8 Å². The van der Waals surface area contributed by atoms with Crippen molar-refractivity contribution in [3.63, 3.8) is 0 Å². The molecule has 0 N–H and O–H groups in total. The number of hydrogen-bond acceptors (Lipinski definition) is 1. The number of aromatic nitrogens is 1. The van der Waals surface area contributed by atoms with E-state index in [1.54, 1.807) is 0 Å². The van der Waals surface area contributed by atoms with E-state index in [0.29, 0.717) is 5.69 Å². The van der Waals surface area contributed by atoms with Crippen molar-refractivity contribution in [2.45, 2.75) is 13.1 Å². The maximum Gasteiger partial charge on any atom is 0.418 e. The molecule has 3 aromatic rings. The summed E-state index contributed by atoms with van der Waals surface area (Å²) in [6.07, 6.45) is -3.46. The molecule has 4 heteroatoms. The minimum atomic E-state index is -4.36. The summed E-state index contributed by atoms with van der Waals surface area (Å²) in [4.78, 5) is 3.96. The number of halogens is 3. The van der Waals surface area contributed by atoms with Crippen molar-refractivity contribution in [1.82, 2.24) is 4.98 Å². The molecule has 1 heterocycles. The first-order valence-electron chi connectivity index (χ1n) is 6.48. The molecule has 106 valence electrons. The zero-order valence-electron chi connectivity index (χ0n) is 11.3. The van der Waals surface area contributed by atoms with Crippen molar-refractivity contribution < 1.29 is 13.2 Å². The molecule has 21 heavy (non-hydrogen) atoms. The number of fused-ring (bicyclic) bond motifs is 1. The van der Waals surface area contributed by atoms with Crippen molar-refractivity contribution in [1.29, 1.82) is 0 Å². The van der Waals surface area contributed by atoms with Crippen LogP contribution in [0.3, 0.4) is 0 Å². The summed E-state index contributed by atoms with van der Waals surface area (Å²) in [5, 5.41) is 2.12. The van der Waals surface area contributed by atoms with Gasteiger partial charge in [-0.25, -0.2) is 0 Å². The second-order valence-electron chi connectivity index (χ2n) is 4.94. The van der Waals surface area contributed by atoms with Gasteiger partial charge in [-0.3, -0.25) is 4.98 Å². The third kappa shape index (κ3) is 2.61. The van der Waals surface area contributed by atoms with Gasteiger partial charge in [-0.1, -0.05) is 36.4 Å². The quantitative estimate of drug-likeness (QED) is 0.597. The molecule has 0 fully saturated rings. The first-order valence-corrected chi connectivity index (χ1v) is 6.48. The number of aryl methyl sites for hydroxylation is 1. The SMILES string of the molecule is Cc1cc(-c2ccc3ccccc3c2)ncc1C(F)(F)F. The normalized spacial score (nSPS) is 11.8. The number of nitrogens with zero attached hydrogens (tertiary/aromatic N) is 1. The Morgan fingerprint density at radius 2 is 1.62 bits per heavy atom. The largest absolute Gasteiger partial charge is 0.418 e. The average Bonchev–Trinajstić information content (AvgIpc) is 2.45. The van der Waals surface area contributed by atoms with Crippen LogP contribution in [0.4, 0.5) is 13.2 Å². The minimum absolute atomic E-state index is 0.181. The van der Waals surface area contributed by atoms with Gasteiger partial charge in [0, 0.05) is 11.8 Å². The van der Waals surface area contributed by atoms with Crippen LogP contribution < -0.4 is 0 Å². The first kappa shape index (κ1) is 13.6. The summed E-state index contributed by atoms with van der Waals surface area (Å²) in [5.41, 5.74) is 0.851. The molecular weight excluding hydrogens is 275 g/mol. The molecule has 1 aromatic heterocycles. The Morgan fingerprint density at radius 3 is 2.29 bits per heavy atom. The molecule has 2 aromatic carbocycles. The molecule has 0 aliphatic heterocycles. The molecule has 0 bridgehead atoms. The van der Waals surface area contributed by atoms with Gasteiger partial charge in [0.1, 0.15) is 0 Å². The molecule has 0 radical (unpaired) electrons. The molecule has 0 unspecified atom stereocenters. The van der Waals surface area contributed by atoms with E-state index in [9.17, 15) is 13.2 Å². The van der Waals surface area contributed by atoms with E-state index in [-0.39, 0.29) is 5.56 Å². The van der Waals surface area contributed by atoms with Gasteiger partial charge in [-0.05, 0) is 35.4 Å². The van der Waals surface area contributed by atoms with E-state index in [0.717, 1.165) is 22.5 Å². The molecule has 1 nitrogen and oxygen atoms in total. The van der Waals surface area contributed by atoms with Gasteiger partial charge < -0.3 is 0 Å². The topological polar surface area (TPSA) is 12.9 Å². The fourth-order valence-electron chi connectivity index (χ4n) is 2.36. The molecule has 0 amide bonds. The van der Waals surface area contributed by atoms with E-state index in [1.165, 1.54) is 13.0 Å². The summed E-state index contributed by atoms with van der Waals surface area (Å²) >= 11 is 0. The molecule has 0 aliphatic rings. The highest BCUT2D eigenvalue weighted by atomic mass is 19.4. The fourth-order valence-corrected chi connectivity index (χ4v) is 2.36. The highest BCUT2D eigenvalue weighted by Crippen LogP contribution is 2.33. The zero-order valence-corrected chi connectivity index (χ0v) is 11.3. The van der Waals surface area contributed by atoms with Crippen LogP contribution in [-0.4, -0.2) is 4.98 Å². The maximum absolute atomic E-state index is 12.8. The van der Waals surface area contributed by atoms with Crippen LogP contribution in [0.5, 0.6) is 0 Å². The summed E-state index contributed by atoms with van der Waals surface area (Å²) in [6, 6.07) is 15.1. The van der Waals surface area contributed by atoms with Crippen molar-refractivity contribution in [3.05, 3.63) is 65.9 Å². The number of benzene rings is 2. The Bertz CT molecular complexity index is 806. The second-order valence-corrected chi connectivity index (χ2v) is 4.94. The van der Waals surface area contributed by atoms with Crippen LogP contribution >= 0.6 is 0 Å². The molecule has 0 aliphatic carbocycles. The molecule has 0 saturated carbocycles. The van der Waals surface area contributed by atoms with Gasteiger partial charge in [0.2, 0.25) is 0 Å². The van der Waals surface area contributed by atoms with Crippen LogP contribution in [0.15, 0.2) is 54.7 Å². The predicted molar refractivity (Wildman–Crippen MR) is 76.9 cm³/mol. The standard InChI is InChI=1S/C17H12F3N/c1-11-8-16(21-10-15(11)17(18,19)20)14-7-6-12-4-2-3-5-13(12)9-14/h2-10H,1H3. The van der Waals surface area contributed by atoms with Gasteiger partial charge in [0.05, 0.1) is 11.3 Å². The number of rotatable bonds is 1. The minimum Gasteiger partial charge on any atom is -0.256 e. The van der Waals surface area contributed by atoms with Crippen molar-refractivity contribution in [2.75, 3.05) is 0 Å². The molecular formula is C17H12F3N. The number of pyridine rings is 1. The monoisotopic (exact) mass is 287 g/mol. The summed E-state index contributed by atoms with van der Waals surface area (Å²) < 4.78 is 38.3. The predicted octanol–water partition coefficient (Wildman–Crippen LogP) is 5.23. The first-order chi connectivity index (χ1) is 9.95. The summed E-state index contributed by atoms with van der Waals surface area (Å²) in [6.45, 7) is 1.45. The van der Waals surface area contributed by atoms with Gasteiger partial charge in [-0.15, -0.1) is 0 Å². The molecule has 0 spiro atoms. The third-order valence-corrected chi connectivity index (χ3v) is 3.46. The van der Waals surface area contributed by atoms with Crippen molar-refractivity contribution in [2.24, 2.45) is 0 Å². The molecule has 3 rings (SSSR count). The van der Waals surface area contributed by atoms with E-state index < -0.39 is 11.7 Å². The zero-order chi connectivity index (χ0) is 15.0. The Balaban J connectivity index is 2.08. The Labute approximate surface area is 120 Å². The number of alkyl halides is 3. The highest BCUT2D eigenvalue weighted by Gasteiger charge is 2.32. The second kappa shape index (κ2) is 4.88. The maximum atomic E-state index is 12.8. The van der Waals surface area contributed by atoms with E-state index in [4.69, 9.17) is 0 Å². The van der Waals surface area contributed by atoms with Crippen LogP contribution in [-0.2, 0) is 6.18 Å².